The van der Waals surface area contributed by atoms with E-state index in [1.807, 2.05) is 20.8 Å². The minimum absolute atomic E-state index is 0.0757. The minimum atomic E-state index is -0.268. The van der Waals surface area contributed by atoms with Crippen molar-refractivity contribution in [3.63, 3.8) is 0 Å². The normalized spacial score (nSPS) is 17.6. The zero-order valence-corrected chi connectivity index (χ0v) is 16.5. The predicted octanol–water partition coefficient (Wildman–Crippen LogP) is 2.10. The van der Waals surface area contributed by atoms with Crippen molar-refractivity contribution in [1.29, 1.82) is 0 Å². The largest absolute Gasteiger partial charge is 0.395 e. The molecule has 150 valence electrons. The summed E-state index contributed by atoms with van der Waals surface area (Å²) in [7, 11) is 0. The third-order valence-corrected chi connectivity index (χ3v) is 4.80. The van der Waals surface area contributed by atoms with Gasteiger partial charge in [-0.3, -0.25) is 9.69 Å². The molecule has 3 amide bonds. The summed E-state index contributed by atoms with van der Waals surface area (Å²) in [6, 6.07) is 5.24. The summed E-state index contributed by atoms with van der Waals surface area (Å²) in [5.41, 5.74) is 2.09. The summed E-state index contributed by atoms with van der Waals surface area (Å²) in [5, 5.41) is 18.0. The van der Waals surface area contributed by atoms with Gasteiger partial charge in [-0.05, 0) is 63.9 Å². The van der Waals surface area contributed by atoms with Gasteiger partial charge in [0.25, 0.3) is 5.91 Å². The first-order chi connectivity index (χ1) is 12.9. The number of carbonyl (C=O) groups excluding carboxylic acids is 2. The molecule has 1 aliphatic heterocycles. The van der Waals surface area contributed by atoms with Crippen LogP contribution in [0.15, 0.2) is 18.2 Å². The summed E-state index contributed by atoms with van der Waals surface area (Å²) in [5.74, 6) is -0.121. The first-order valence-electron chi connectivity index (χ1n) is 9.72. The molecule has 7 nitrogen and oxygen atoms in total. The molecule has 1 saturated heterocycles. The van der Waals surface area contributed by atoms with E-state index in [1.54, 1.807) is 18.2 Å². The molecule has 1 heterocycles. The van der Waals surface area contributed by atoms with Crippen molar-refractivity contribution in [3.8, 4) is 0 Å². The second-order valence-electron chi connectivity index (χ2n) is 7.41. The molecule has 7 heteroatoms. The second-order valence-corrected chi connectivity index (χ2v) is 7.41. The van der Waals surface area contributed by atoms with Crippen LogP contribution in [-0.4, -0.2) is 60.3 Å². The Kier molecular flexibility index (Phi) is 8.06. The second kappa shape index (κ2) is 10.3. The highest BCUT2D eigenvalue weighted by Crippen LogP contribution is 2.17. The lowest BCUT2D eigenvalue weighted by atomic mass is 10.0. The van der Waals surface area contributed by atoms with Gasteiger partial charge in [0.05, 0.1) is 6.61 Å². The number of hydrogen-bond acceptors (Lipinski definition) is 4. The topological polar surface area (TPSA) is 93.7 Å². The Morgan fingerprint density at radius 1 is 1.30 bits per heavy atom. The standard InChI is InChI=1S/C20H32N4O3/c1-14(2)22-19(26)16-7-8-18(15(3)12-16)23-20(27)21-9-11-24-10-5-4-6-17(24)13-25/h7-8,12,14,17,25H,4-6,9-11,13H2,1-3H3,(H,22,26)(H2,21,23,27)/t17-/m0/s1. The quantitative estimate of drug-likeness (QED) is 0.586. The van der Waals surface area contributed by atoms with E-state index in [1.165, 1.54) is 0 Å². The average molecular weight is 377 g/mol. The van der Waals surface area contributed by atoms with Crippen LogP contribution in [0.3, 0.4) is 0 Å². The van der Waals surface area contributed by atoms with Gasteiger partial charge >= 0.3 is 6.03 Å². The van der Waals surface area contributed by atoms with Gasteiger partial charge in [-0.25, -0.2) is 4.79 Å². The molecule has 2 rings (SSSR count). The van der Waals surface area contributed by atoms with Crippen molar-refractivity contribution in [2.24, 2.45) is 0 Å². The SMILES string of the molecule is Cc1cc(C(=O)NC(C)C)ccc1NC(=O)NCCN1CCCC[C@H]1CO. The van der Waals surface area contributed by atoms with E-state index in [4.69, 9.17) is 0 Å². The predicted molar refractivity (Wildman–Crippen MR) is 107 cm³/mol. The van der Waals surface area contributed by atoms with Crippen LogP contribution in [0, 0.1) is 6.92 Å². The molecule has 0 saturated carbocycles. The molecule has 0 bridgehead atoms. The number of rotatable bonds is 7. The van der Waals surface area contributed by atoms with E-state index in [0.717, 1.165) is 37.9 Å². The van der Waals surface area contributed by atoms with Gasteiger partial charge in [0.1, 0.15) is 0 Å². The number of aryl methyl sites for hydroxylation is 1. The first kappa shape index (κ1) is 21.2. The molecule has 0 unspecified atom stereocenters. The summed E-state index contributed by atoms with van der Waals surface area (Å²) in [6.07, 6.45) is 3.30. The fourth-order valence-corrected chi connectivity index (χ4v) is 3.33. The fourth-order valence-electron chi connectivity index (χ4n) is 3.33. The maximum absolute atomic E-state index is 12.2. The zero-order chi connectivity index (χ0) is 19.8. The maximum Gasteiger partial charge on any atom is 0.319 e. The number of anilines is 1. The van der Waals surface area contributed by atoms with Crippen molar-refractivity contribution < 1.29 is 14.7 Å². The summed E-state index contributed by atoms with van der Waals surface area (Å²) in [6.45, 7) is 8.08. The summed E-state index contributed by atoms with van der Waals surface area (Å²) >= 11 is 0. The molecule has 0 spiro atoms. The van der Waals surface area contributed by atoms with Crippen molar-refractivity contribution >= 4 is 17.6 Å². The third kappa shape index (κ3) is 6.52. The molecule has 1 aromatic rings. The maximum atomic E-state index is 12.2. The Labute approximate surface area is 161 Å². The van der Waals surface area contributed by atoms with Gasteiger partial charge in [-0.15, -0.1) is 0 Å². The van der Waals surface area contributed by atoms with Crippen LogP contribution >= 0.6 is 0 Å². The number of benzene rings is 1. The molecule has 0 aliphatic carbocycles. The lowest BCUT2D eigenvalue weighted by Gasteiger charge is -2.34. The van der Waals surface area contributed by atoms with Crippen LogP contribution in [0.4, 0.5) is 10.5 Å². The summed E-state index contributed by atoms with van der Waals surface area (Å²) in [4.78, 5) is 26.4. The highest BCUT2D eigenvalue weighted by molar-refractivity contribution is 5.96. The van der Waals surface area contributed by atoms with Gasteiger partial charge in [0.2, 0.25) is 0 Å². The van der Waals surface area contributed by atoms with E-state index >= 15 is 0 Å². The highest BCUT2D eigenvalue weighted by atomic mass is 16.3. The van der Waals surface area contributed by atoms with Crippen LogP contribution in [0.5, 0.6) is 0 Å². The molecule has 0 aromatic heterocycles. The number of hydrogen-bond donors (Lipinski definition) is 4. The smallest absolute Gasteiger partial charge is 0.319 e. The molecule has 0 radical (unpaired) electrons. The Hall–Kier alpha value is -2.12. The minimum Gasteiger partial charge on any atom is -0.395 e. The third-order valence-electron chi connectivity index (χ3n) is 4.80. The molecule has 27 heavy (non-hydrogen) atoms. The monoisotopic (exact) mass is 376 g/mol. The number of piperidine rings is 1. The van der Waals surface area contributed by atoms with Crippen LogP contribution in [-0.2, 0) is 0 Å². The number of carbonyl (C=O) groups is 2. The lowest BCUT2D eigenvalue weighted by molar-refractivity contribution is 0.0917. The van der Waals surface area contributed by atoms with Gasteiger partial charge in [0.15, 0.2) is 0 Å². The van der Waals surface area contributed by atoms with Crippen molar-refractivity contribution in [3.05, 3.63) is 29.3 Å². The summed E-state index contributed by atoms with van der Waals surface area (Å²) < 4.78 is 0. The Balaban J connectivity index is 1.82. The van der Waals surface area contributed by atoms with Crippen LogP contribution < -0.4 is 16.0 Å². The van der Waals surface area contributed by atoms with Gasteiger partial charge in [-0.2, -0.15) is 0 Å². The number of aliphatic hydroxyl groups is 1. The van der Waals surface area contributed by atoms with E-state index in [0.29, 0.717) is 17.8 Å². The van der Waals surface area contributed by atoms with E-state index in [2.05, 4.69) is 20.9 Å². The number of nitrogens with one attached hydrogen (secondary N) is 3. The Morgan fingerprint density at radius 2 is 2.07 bits per heavy atom. The molecular formula is C20H32N4O3. The fraction of sp³-hybridized carbons (Fsp3) is 0.600. The van der Waals surface area contributed by atoms with Crippen molar-refractivity contribution in [2.45, 2.75) is 52.1 Å². The van der Waals surface area contributed by atoms with E-state index in [9.17, 15) is 14.7 Å². The van der Waals surface area contributed by atoms with Gasteiger partial charge < -0.3 is 21.1 Å². The van der Waals surface area contributed by atoms with E-state index in [-0.39, 0.29) is 30.6 Å². The number of urea groups is 1. The Morgan fingerprint density at radius 3 is 2.74 bits per heavy atom. The van der Waals surface area contributed by atoms with Gasteiger partial charge in [-0.1, -0.05) is 6.42 Å². The number of nitrogens with zero attached hydrogens (tertiary/aromatic N) is 1. The van der Waals surface area contributed by atoms with Crippen LogP contribution in [0.2, 0.25) is 0 Å². The molecular weight excluding hydrogens is 344 g/mol. The number of amides is 3. The molecule has 4 N–H and O–H groups in total. The molecule has 1 fully saturated rings. The molecule has 1 atom stereocenters. The first-order valence-corrected chi connectivity index (χ1v) is 9.72. The van der Waals surface area contributed by atoms with Crippen molar-refractivity contribution in [2.75, 3.05) is 31.6 Å². The average Bonchev–Trinajstić information content (AvgIpc) is 2.63. The number of likely N-dealkylation sites (tertiary alicyclic amines) is 1. The van der Waals surface area contributed by atoms with E-state index < -0.39 is 0 Å². The highest BCUT2D eigenvalue weighted by Gasteiger charge is 2.21. The van der Waals surface area contributed by atoms with Gasteiger partial charge in [0, 0.05) is 36.4 Å². The number of aliphatic hydroxyl groups excluding tert-OH is 1. The molecule has 1 aromatic carbocycles. The molecule has 1 aliphatic rings. The van der Waals surface area contributed by atoms with Crippen LogP contribution in [0.25, 0.3) is 0 Å². The van der Waals surface area contributed by atoms with Crippen LogP contribution in [0.1, 0.15) is 49.0 Å². The van der Waals surface area contributed by atoms with Crippen molar-refractivity contribution in [1.82, 2.24) is 15.5 Å². The Bertz CT molecular complexity index is 648. The lowest BCUT2D eigenvalue weighted by Crippen LogP contribution is -2.46. The zero-order valence-electron chi connectivity index (χ0n) is 16.5.